The van der Waals surface area contributed by atoms with E-state index in [9.17, 15) is 9.59 Å². The summed E-state index contributed by atoms with van der Waals surface area (Å²) in [6, 6.07) is 9.66. The molecule has 20 heavy (non-hydrogen) atoms. The molecule has 4 nitrogen and oxygen atoms in total. The zero-order valence-corrected chi connectivity index (χ0v) is 12.1. The Labute approximate surface area is 120 Å². The lowest BCUT2D eigenvalue weighted by molar-refractivity contribution is -0.138. The summed E-state index contributed by atoms with van der Waals surface area (Å²) in [4.78, 5) is 22.9. The third-order valence-corrected chi connectivity index (χ3v) is 3.53. The summed E-state index contributed by atoms with van der Waals surface area (Å²) < 4.78 is 0. The molecule has 110 valence electrons. The van der Waals surface area contributed by atoms with Crippen LogP contribution in [0.1, 0.15) is 44.6 Å². The van der Waals surface area contributed by atoms with Crippen molar-refractivity contribution in [3.63, 3.8) is 0 Å². The Bertz CT molecular complexity index is 431. The fraction of sp³-hybridized carbons (Fsp3) is 0.500. The maximum atomic E-state index is 12.2. The third-order valence-electron chi connectivity index (χ3n) is 3.53. The molecule has 0 spiro atoms. The van der Waals surface area contributed by atoms with Crippen molar-refractivity contribution in [3.05, 3.63) is 35.9 Å². The Morgan fingerprint density at radius 3 is 2.30 bits per heavy atom. The minimum Gasteiger partial charge on any atom is -0.481 e. The van der Waals surface area contributed by atoms with Crippen molar-refractivity contribution in [2.45, 2.75) is 39.0 Å². The Hall–Kier alpha value is -1.84. The molecule has 1 aromatic rings. The second kappa shape index (κ2) is 8.35. The van der Waals surface area contributed by atoms with Gasteiger partial charge in [0, 0.05) is 13.0 Å². The van der Waals surface area contributed by atoms with Gasteiger partial charge in [0.25, 0.3) is 0 Å². The normalized spacial score (nSPS) is 13.5. The molecule has 2 atom stereocenters. The molecule has 2 N–H and O–H groups in total. The van der Waals surface area contributed by atoms with Crippen molar-refractivity contribution in [2.24, 2.45) is 5.92 Å². The number of amides is 1. The zero-order chi connectivity index (χ0) is 15.0. The molecule has 0 radical (unpaired) electrons. The summed E-state index contributed by atoms with van der Waals surface area (Å²) >= 11 is 0. The molecule has 0 saturated carbocycles. The highest BCUT2D eigenvalue weighted by Crippen LogP contribution is 2.19. The number of hydrogen-bond donors (Lipinski definition) is 2. The van der Waals surface area contributed by atoms with E-state index in [-0.39, 0.29) is 24.2 Å². The first-order valence-corrected chi connectivity index (χ1v) is 7.12. The average molecular weight is 277 g/mol. The van der Waals surface area contributed by atoms with Crippen molar-refractivity contribution in [2.75, 3.05) is 6.54 Å². The van der Waals surface area contributed by atoms with Gasteiger partial charge in [0.1, 0.15) is 0 Å². The predicted molar refractivity (Wildman–Crippen MR) is 78.5 cm³/mol. The summed E-state index contributed by atoms with van der Waals surface area (Å²) in [6.45, 7) is 4.34. The molecular formula is C16H23NO3. The fourth-order valence-electron chi connectivity index (χ4n) is 2.23. The first kappa shape index (κ1) is 16.2. The van der Waals surface area contributed by atoms with E-state index in [0.29, 0.717) is 6.54 Å². The summed E-state index contributed by atoms with van der Waals surface area (Å²) in [6.07, 6.45) is 1.57. The topological polar surface area (TPSA) is 66.4 Å². The highest BCUT2D eigenvalue weighted by molar-refractivity contribution is 5.83. The van der Waals surface area contributed by atoms with Gasteiger partial charge in [-0.2, -0.15) is 0 Å². The van der Waals surface area contributed by atoms with E-state index in [2.05, 4.69) is 5.32 Å². The first-order chi connectivity index (χ1) is 9.58. The maximum absolute atomic E-state index is 12.2. The lowest BCUT2D eigenvalue weighted by atomic mass is 9.95. The number of nitrogens with one attached hydrogen (secondary N) is 1. The number of rotatable bonds is 8. The number of hydrogen-bond acceptors (Lipinski definition) is 2. The van der Waals surface area contributed by atoms with Gasteiger partial charge in [-0.1, -0.05) is 50.6 Å². The predicted octanol–water partition coefficient (Wildman–Crippen LogP) is 2.80. The smallest absolute Gasteiger partial charge is 0.303 e. The monoisotopic (exact) mass is 277 g/mol. The standard InChI is InChI=1S/C16H23NO3/c1-3-12(10-15(18)19)11-17-16(20)14(4-2)13-8-6-5-7-9-13/h5-9,12,14H,3-4,10-11H2,1-2H3,(H,17,20)(H,18,19). The summed E-state index contributed by atoms with van der Waals surface area (Å²) in [5.74, 6) is -1.02. The minimum atomic E-state index is -0.818. The third kappa shape index (κ3) is 5.03. The van der Waals surface area contributed by atoms with Crippen LogP contribution in [-0.4, -0.2) is 23.5 Å². The van der Waals surface area contributed by atoms with E-state index >= 15 is 0 Å². The van der Waals surface area contributed by atoms with Gasteiger partial charge in [0.2, 0.25) is 5.91 Å². The van der Waals surface area contributed by atoms with Crippen molar-refractivity contribution in [1.29, 1.82) is 0 Å². The SMILES string of the molecule is CCC(CNC(=O)C(CC)c1ccccc1)CC(=O)O. The van der Waals surface area contributed by atoms with E-state index in [0.717, 1.165) is 18.4 Å². The van der Waals surface area contributed by atoms with Crippen LogP contribution in [0.25, 0.3) is 0 Å². The molecule has 0 heterocycles. The van der Waals surface area contributed by atoms with Crippen LogP contribution < -0.4 is 5.32 Å². The van der Waals surface area contributed by atoms with Crippen LogP contribution in [0.4, 0.5) is 0 Å². The zero-order valence-electron chi connectivity index (χ0n) is 12.1. The van der Waals surface area contributed by atoms with Gasteiger partial charge in [0.15, 0.2) is 0 Å². The Morgan fingerprint density at radius 1 is 1.15 bits per heavy atom. The van der Waals surface area contributed by atoms with Crippen LogP contribution in [0, 0.1) is 5.92 Å². The van der Waals surface area contributed by atoms with Gasteiger partial charge in [-0.3, -0.25) is 9.59 Å². The van der Waals surface area contributed by atoms with Crippen molar-refractivity contribution >= 4 is 11.9 Å². The summed E-state index contributed by atoms with van der Waals surface area (Å²) in [5.41, 5.74) is 0.999. The molecule has 0 aliphatic carbocycles. The van der Waals surface area contributed by atoms with Gasteiger partial charge in [-0.15, -0.1) is 0 Å². The highest BCUT2D eigenvalue weighted by Gasteiger charge is 2.19. The van der Waals surface area contributed by atoms with Crippen LogP contribution in [0.3, 0.4) is 0 Å². The molecule has 0 aliphatic heterocycles. The second-order valence-electron chi connectivity index (χ2n) is 4.99. The van der Waals surface area contributed by atoms with Gasteiger partial charge in [-0.25, -0.2) is 0 Å². The van der Waals surface area contributed by atoms with Crippen molar-refractivity contribution in [1.82, 2.24) is 5.32 Å². The number of aliphatic carboxylic acids is 1. The Kier molecular flexibility index (Phi) is 6.77. The summed E-state index contributed by atoms with van der Waals surface area (Å²) in [5, 5.41) is 11.7. The molecule has 0 bridgehead atoms. The molecule has 4 heteroatoms. The van der Waals surface area contributed by atoms with E-state index in [1.54, 1.807) is 0 Å². The van der Waals surface area contributed by atoms with E-state index in [1.165, 1.54) is 0 Å². The minimum absolute atomic E-state index is 0.00951. The number of benzene rings is 1. The van der Waals surface area contributed by atoms with E-state index in [1.807, 2.05) is 44.2 Å². The van der Waals surface area contributed by atoms with E-state index in [4.69, 9.17) is 5.11 Å². The van der Waals surface area contributed by atoms with Gasteiger partial charge in [0.05, 0.1) is 5.92 Å². The van der Waals surface area contributed by atoms with Crippen molar-refractivity contribution in [3.8, 4) is 0 Å². The second-order valence-corrected chi connectivity index (χ2v) is 4.99. The fourth-order valence-corrected chi connectivity index (χ4v) is 2.23. The molecule has 0 saturated heterocycles. The Morgan fingerprint density at radius 2 is 1.80 bits per heavy atom. The number of carboxylic acids is 1. The molecule has 0 fully saturated rings. The van der Waals surface area contributed by atoms with E-state index < -0.39 is 5.97 Å². The average Bonchev–Trinajstić information content (AvgIpc) is 2.45. The van der Waals surface area contributed by atoms with Gasteiger partial charge in [-0.05, 0) is 17.9 Å². The van der Waals surface area contributed by atoms with Crippen LogP contribution in [0.2, 0.25) is 0 Å². The van der Waals surface area contributed by atoms with Crippen molar-refractivity contribution < 1.29 is 14.7 Å². The van der Waals surface area contributed by atoms with Crippen LogP contribution in [0.5, 0.6) is 0 Å². The van der Waals surface area contributed by atoms with Crippen LogP contribution >= 0.6 is 0 Å². The molecule has 1 aromatic carbocycles. The molecule has 1 rings (SSSR count). The van der Waals surface area contributed by atoms with Gasteiger partial charge >= 0.3 is 5.97 Å². The first-order valence-electron chi connectivity index (χ1n) is 7.12. The lowest BCUT2D eigenvalue weighted by Crippen LogP contribution is -2.33. The summed E-state index contributed by atoms with van der Waals surface area (Å²) in [7, 11) is 0. The largest absolute Gasteiger partial charge is 0.481 e. The van der Waals surface area contributed by atoms with Crippen LogP contribution in [-0.2, 0) is 9.59 Å². The lowest BCUT2D eigenvalue weighted by Gasteiger charge is -2.18. The van der Waals surface area contributed by atoms with Gasteiger partial charge < -0.3 is 10.4 Å². The quantitative estimate of drug-likeness (QED) is 0.768. The number of carbonyl (C=O) groups is 2. The highest BCUT2D eigenvalue weighted by atomic mass is 16.4. The molecule has 0 aromatic heterocycles. The molecule has 0 aliphatic rings. The molecular weight excluding hydrogens is 254 g/mol. The number of carboxylic acid groups (broad SMARTS) is 1. The molecule has 1 amide bonds. The van der Waals surface area contributed by atoms with Crippen LogP contribution in [0.15, 0.2) is 30.3 Å². The Balaban J connectivity index is 2.58. The molecule has 2 unspecified atom stereocenters. The maximum Gasteiger partial charge on any atom is 0.303 e. The number of carbonyl (C=O) groups excluding carboxylic acids is 1.